The van der Waals surface area contributed by atoms with Crippen LogP contribution in [0.3, 0.4) is 0 Å². The van der Waals surface area contributed by atoms with Gasteiger partial charge in [0.15, 0.2) is 0 Å². The molecule has 6 heteroatoms. The van der Waals surface area contributed by atoms with Gasteiger partial charge < -0.3 is 20.3 Å². The third-order valence-corrected chi connectivity index (χ3v) is 5.49. The summed E-state index contributed by atoms with van der Waals surface area (Å²) >= 11 is 0. The van der Waals surface area contributed by atoms with Gasteiger partial charge in [-0.15, -0.1) is 0 Å². The first-order chi connectivity index (χ1) is 13.7. The molecule has 2 aliphatic rings. The van der Waals surface area contributed by atoms with Crippen LogP contribution >= 0.6 is 0 Å². The summed E-state index contributed by atoms with van der Waals surface area (Å²) in [6.07, 6.45) is 8.04. The monoisotopic (exact) mass is 387 g/mol. The van der Waals surface area contributed by atoms with Gasteiger partial charge in [0.1, 0.15) is 0 Å². The molecule has 1 atom stereocenters. The van der Waals surface area contributed by atoms with Crippen LogP contribution in [0.5, 0.6) is 0 Å². The van der Waals surface area contributed by atoms with Crippen LogP contribution in [0.2, 0.25) is 0 Å². The van der Waals surface area contributed by atoms with Crippen LogP contribution in [0, 0.1) is 0 Å². The van der Waals surface area contributed by atoms with Gasteiger partial charge in [0.2, 0.25) is 5.91 Å². The van der Waals surface area contributed by atoms with Crippen LogP contribution in [0.4, 0.5) is 11.4 Å². The van der Waals surface area contributed by atoms with Crippen LogP contribution in [0.15, 0.2) is 18.2 Å². The van der Waals surface area contributed by atoms with Crippen molar-refractivity contribution in [3.63, 3.8) is 0 Å². The molecular weight excluding hydrogens is 354 g/mol. The highest BCUT2D eigenvalue weighted by Gasteiger charge is 2.21. The predicted octanol–water partition coefficient (Wildman–Crippen LogP) is 3.71. The molecule has 0 aromatic heterocycles. The molecule has 0 spiro atoms. The average Bonchev–Trinajstić information content (AvgIpc) is 3.25. The first-order valence-electron chi connectivity index (χ1n) is 10.8. The molecule has 2 fully saturated rings. The Hall–Kier alpha value is -2.08. The summed E-state index contributed by atoms with van der Waals surface area (Å²) in [5, 5.41) is 5.97. The minimum Gasteiger partial charge on any atom is -0.376 e. The van der Waals surface area contributed by atoms with Crippen LogP contribution in [0.1, 0.15) is 68.6 Å². The van der Waals surface area contributed by atoms with Crippen molar-refractivity contribution in [3.8, 4) is 0 Å². The Bertz CT molecular complexity index is 665. The molecular formula is C22H33N3O3. The molecule has 1 aromatic carbocycles. The van der Waals surface area contributed by atoms with Crippen LogP contribution < -0.4 is 15.5 Å². The lowest BCUT2D eigenvalue weighted by Gasteiger charge is -2.30. The molecule has 0 bridgehead atoms. The quantitative estimate of drug-likeness (QED) is 0.713. The minimum atomic E-state index is -0.0965. The Kier molecular flexibility index (Phi) is 7.71. The van der Waals surface area contributed by atoms with Gasteiger partial charge in [0.05, 0.1) is 11.7 Å². The minimum absolute atomic E-state index is 0.00159. The standard InChI is InChI=1S/C22H33N3O3/c1-2-3-9-21(26)24-17-10-11-20(25-12-5-4-6-13-25)19(15-17)22(27)23-16-18-8-7-14-28-18/h10-11,15,18H,2-9,12-14,16H2,1H3,(H,23,27)(H,24,26). The number of nitrogens with one attached hydrogen (secondary N) is 2. The van der Waals surface area contributed by atoms with E-state index in [9.17, 15) is 9.59 Å². The maximum Gasteiger partial charge on any atom is 0.253 e. The third kappa shape index (κ3) is 5.71. The molecule has 154 valence electrons. The van der Waals surface area contributed by atoms with Crippen molar-refractivity contribution >= 4 is 23.2 Å². The van der Waals surface area contributed by atoms with Crippen molar-refractivity contribution in [2.45, 2.75) is 64.4 Å². The van der Waals surface area contributed by atoms with Crippen molar-refractivity contribution in [1.29, 1.82) is 0 Å². The van der Waals surface area contributed by atoms with Crippen LogP contribution in [-0.2, 0) is 9.53 Å². The Labute approximate surface area is 168 Å². The number of amides is 2. The van der Waals surface area contributed by atoms with E-state index in [-0.39, 0.29) is 17.9 Å². The second-order valence-electron chi connectivity index (χ2n) is 7.78. The Morgan fingerprint density at radius 3 is 2.71 bits per heavy atom. The molecule has 1 aromatic rings. The second kappa shape index (κ2) is 10.5. The number of rotatable bonds is 8. The van der Waals surface area contributed by atoms with Gasteiger partial charge in [-0.3, -0.25) is 9.59 Å². The van der Waals surface area contributed by atoms with Crippen LogP contribution in [0.25, 0.3) is 0 Å². The number of piperidine rings is 1. The summed E-state index contributed by atoms with van der Waals surface area (Å²) in [5.74, 6) is -0.0981. The van der Waals surface area contributed by atoms with Gasteiger partial charge in [-0.05, 0) is 56.7 Å². The molecule has 0 radical (unpaired) electrons. The van der Waals surface area contributed by atoms with E-state index in [1.807, 2.05) is 18.2 Å². The van der Waals surface area contributed by atoms with Gasteiger partial charge in [-0.1, -0.05) is 13.3 Å². The maximum atomic E-state index is 13.0. The number of unbranched alkanes of at least 4 members (excludes halogenated alkanes) is 1. The van der Waals surface area contributed by atoms with Gasteiger partial charge in [-0.2, -0.15) is 0 Å². The van der Waals surface area contributed by atoms with E-state index in [0.29, 0.717) is 24.2 Å². The zero-order valence-corrected chi connectivity index (χ0v) is 17.0. The van der Waals surface area contributed by atoms with E-state index in [2.05, 4.69) is 22.5 Å². The molecule has 3 rings (SSSR count). The van der Waals surface area contributed by atoms with Crippen molar-refractivity contribution in [3.05, 3.63) is 23.8 Å². The summed E-state index contributed by atoms with van der Waals surface area (Å²) in [7, 11) is 0. The first-order valence-corrected chi connectivity index (χ1v) is 10.8. The fourth-order valence-corrected chi connectivity index (χ4v) is 3.87. The average molecular weight is 388 g/mol. The van der Waals surface area contributed by atoms with E-state index < -0.39 is 0 Å². The lowest BCUT2D eigenvalue weighted by atomic mass is 10.1. The fraction of sp³-hybridized carbons (Fsp3) is 0.636. The molecule has 2 amide bonds. The van der Waals surface area contributed by atoms with Gasteiger partial charge in [0, 0.05) is 44.0 Å². The number of benzene rings is 1. The summed E-state index contributed by atoms with van der Waals surface area (Å²) in [6, 6.07) is 5.70. The number of anilines is 2. The summed E-state index contributed by atoms with van der Waals surface area (Å²) in [6.45, 7) is 5.31. The van der Waals surface area contributed by atoms with E-state index in [1.54, 1.807) is 0 Å². The molecule has 2 N–H and O–H groups in total. The maximum absolute atomic E-state index is 13.0. The van der Waals surface area contributed by atoms with Crippen molar-refractivity contribution in [1.82, 2.24) is 5.32 Å². The SMILES string of the molecule is CCCCC(=O)Nc1ccc(N2CCCCC2)c(C(=O)NCC2CCCO2)c1. The van der Waals surface area contributed by atoms with Crippen molar-refractivity contribution < 1.29 is 14.3 Å². The third-order valence-electron chi connectivity index (χ3n) is 5.49. The number of carbonyl (C=O) groups is 2. The number of hydrogen-bond donors (Lipinski definition) is 2. The second-order valence-corrected chi connectivity index (χ2v) is 7.78. The predicted molar refractivity (Wildman–Crippen MR) is 112 cm³/mol. The smallest absolute Gasteiger partial charge is 0.253 e. The topological polar surface area (TPSA) is 70.7 Å². The summed E-state index contributed by atoms with van der Waals surface area (Å²) in [5.41, 5.74) is 2.27. The highest BCUT2D eigenvalue weighted by molar-refractivity contribution is 6.02. The molecule has 0 aliphatic carbocycles. The van der Waals surface area contributed by atoms with E-state index in [1.165, 1.54) is 6.42 Å². The Morgan fingerprint density at radius 1 is 1.18 bits per heavy atom. The zero-order valence-electron chi connectivity index (χ0n) is 17.0. The highest BCUT2D eigenvalue weighted by atomic mass is 16.5. The molecule has 0 saturated carbocycles. The lowest BCUT2D eigenvalue weighted by Crippen LogP contribution is -2.35. The molecule has 28 heavy (non-hydrogen) atoms. The van der Waals surface area contributed by atoms with Crippen LogP contribution in [-0.4, -0.2) is 44.2 Å². The van der Waals surface area contributed by atoms with Crippen molar-refractivity contribution in [2.24, 2.45) is 0 Å². The van der Waals surface area contributed by atoms with E-state index >= 15 is 0 Å². The van der Waals surface area contributed by atoms with Gasteiger partial charge >= 0.3 is 0 Å². The van der Waals surface area contributed by atoms with E-state index in [0.717, 1.165) is 63.9 Å². The van der Waals surface area contributed by atoms with Gasteiger partial charge in [-0.25, -0.2) is 0 Å². The van der Waals surface area contributed by atoms with Gasteiger partial charge in [0.25, 0.3) is 5.91 Å². The molecule has 2 heterocycles. The highest BCUT2D eigenvalue weighted by Crippen LogP contribution is 2.27. The zero-order chi connectivity index (χ0) is 19.8. The normalized spacial score (nSPS) is 19.5. The number of nitrogens with zero attached hydrogens (tertiary/aromatic N) is 1. The Morgan fingerprint density at radius 2 is 2.00 bits per heavy atom. The largest absolute Gasteiger partial charge is 0.376 e. The Balaban J connectivity index is 1.74. The summed E-state index contributed by atoms with van der Waals surface area (Å²) in [4.78, 5) is 27.4. The molecule has 1 unspecified atom stereocenters. The molecule has 2 saturated heterocycles. The molecule has 2 aliphatic heterocycles. The number of ether oxygens (including phenoxy) is 1. The summed E-state index contributed by atoms with van der Waals surface area (Å²) < 4.78 is 5.62. The van der Waals surface area contributed by atoms with Crippen molar-refractivity contribution in [2.75, 3.05) is 36.5 Å². The number of carbonyl (C=O) groups excluding carboxylic acids is 2. The lowest BCUT2D eigenvalue weighted by molar-refractivity contribution is -0.116. The van der Waals surface area contributed by atoms with E-state index in [4.69, 9.17) is 4.74 Å². The fourth-order valence-electron chi connectivity index (χ4n) is 3.87. The molecule has 6 nitrogen and oxygen atoms in total. The number of hydrogen-bond acceptors (Lipinski definition) is 4. The first kappa shape index (κ1) is 20.6.